The molecular weight excluding hydrogens is 420 g/mol. The van der Waals surface area contributed by atoms with Gasteiger partial charge in [-0.05, 0) is 25.2 Å². The van der Waals surface area contributed by atoms with Crippen molar-refractivity contribution in [3.63, 3.8) is 0 Å². The lowest BCUT2D eigenvalue weighted by Crippen LogP contribution is -2.44. The summed E-state index contributed by atoms with van der Waals surface area (Å²) in [6, 6.07) is 10.2. The molecule has 3 aromatic rings. The van der Waals surface area contributed by atoms with Crippen LogP contribution in [-0.4, -0.2) is 88.7 Å². The van der Waals surface area contributed by atoms with Gasteiger partial charge in [0.05, 0.1) is 30.2 Å². The topological polar surface area (TPSA) is 98.0 Å². The first kappa shape index (κ1) is 21.8. The summed E-state index contributed by atoms with van der Waals surface area (Å²) in [5, 5.41) is 20.4. The minimum absolute atomic E-state index is 0.112. The largest absolute Gasteiger partial charge is 0.396 e. The number of nitrogens with zero attached hydrogens (tertiary/aromatic N) is 6. The molecule has 33 heavy (non-hydrogen) atoms. The van der Waals surface area contributed by atoms with Gasteiger partial charge in [0.2, 0.25) is 0 Å². The molecular formula is C24H30N6O3. The number of hydrogen-bond donors (Lipinski definition) is 2. The zero-order valence-electron chi connectivity index (χ0n) is 19.1. The van der Waals surface area contributed by atoms with Gasteiger partial charge in [-0.1, -0.05) is 12.1 Å². The predicted octanol–water partition coefficient (Wildman–Crippen LogP) is 0.537. The Hall–Kier alpha value is -3.01. The van der Waals surface area contributed by atoms with Crippen LogP contribution >= 0.6 is 0 Å². The highest BCUT2D eigenvalue weighted by atomic mass is 16.3. The summed E-state index contributed by atoms with van der Waals surface area (Å²) in [7, 11) is 3.81. The minimum Gasteiger partial charge on any atom is -0.396 e. The first-order chi connectivity index (χ1) is 15.9. The fourth-order valence-corrected chi connectivity index (χ4v) is 4.69. The van der Waals surface area contributed by atoms with Crippen molar-refractivity contribution in [1.82, 2.24) is 19.4 Å². The van der Waals surface area contributed by atoms with Gasteiger partial charge in [-0.2, -0.15) is 0 Å². The Kier molecular flexibility index (Phi) is 5.77. The third-order valence-electron chi connectivity index (χ3n) is 6.86. The van der Waals surface area contributed by atoms with Crippen molar-refractivity contribution in [3.05, 3.63) is 47.0 Å². The summed E-state index contributed by atoms with van der Waals surface area (Å²) >= 11 is 0. The highest BCUT2D eigenvalue weighted by Gasteiger charge is 2.33. The zero-order valence-corrected chi connectivity index (χ0v) is 19.1. The van der Waals surface area contributed by atoms with Crippen molar-refractivity contribution in [2.75, 3.05) is 62.7 Å². The van der Waals surface area contributed by atoms with Crippen molar-refractivity contribution in [3.8, 4) is 11.3 Å². The van der Waals surface area contributed by atoms with E-state index in [0.29, 0.717) is 29.8 Å². The average Bonchev–Trinajstić information content (AvgIpc) is 3.22. The molecule has 2 aliphatic rings. The van der Waals surface area contributed by atoms with Crippen LogP contribution in [0.25, 0.3) is 22.2 Å². The Morgan fingerprint density at radius 1 is 1.03 bits per heavy atom. The molecule has 0 radical (unpaired) electrons. The molecule has 0 unspecified atom stereocenters. The molecule has 2 fully saturated rings. The number of aryl methyl sites for hydroxylation is 1. The van der Waals surface area contributed by atoms with Crippen molar-refractivity contribution < 1.29 is 10.2 Å². The van der Waals surface area contributed by atoms with E-state index in [1.807, 2.05) is 11.0 Å². The average molecular weight is 451 g/mol. The number of rotatable bonds is 4. The molecule has 0 amide bonds. The quantitative estimate of drug-likeness (QED) is 0.594. The third kappa shape index (κ3) is 4.07. The van der Waals surface area contributed by atoms with Gasteiger partial charge in [0, 0.05) is 63.5 Å². The maximum Gasteiger partial charge on any atom is 0.264 e. The van der Waals surface area contributed by atoms with Gasteiger partial charge < -0.3 is 29.5 Å². The lowest BCUT2D eigenvalue weighted by molar-refractivity contribution is 0.104. The number of piperazine rings is 1. The van der Waals surface area contributed by atoms with Gasteiger partial charge in [0.25, 0.3) is 5.56 Å². The van der Waals surface area contributed by atoms with Crippen molar-refractivity contribution in [2.24, 2.45) is 13.0 Å². The molecule has 9 heteroatoms. The van der Waals surface area contributed by atoms with E-state index in [-0.39, 0.29) is 18.1 Å². The van der Waals surface area contributed by atoms with Crippen LogP contribution in [0.1, 0.15) is 0 Å². The predicted molar refractivity (Wildman–Crippen MR) is 129 cm³/mol. The summed E-state index contributed by atoms with van der Waals surface area (Å²) in [5.74, 6) is 0.239. The Bertz CT molecular complexity index is 1200. The molecule has 2 atom stereocenters. The van der Waals surface area contributed by atoms with E-state index in [4.69, 9.17) is 4.98 Å². The normalized spacial score (nSPS) is 21.8. The molecule has 5 rings (SSSR count). The lowest BCUT2D eigenvalue weighted by atomic mass is 10.1. The van der Waals surface area contributed by atoms with E-state index in [1.165, 1.54) is 16.6 Å². The number of pyridine rings is 1. The van der Waals surface area contributed by atoms with Crippen molar-refractivity contribution in [1.29, 1.82) is 0 Å². The Balaban J connectivity index is 1.54. The molecule has 2 aliphatic heterocycles. The van der Waals surface area contributed by atoms with Gasteiger partial charge in [0.1, 0.15) is 11.2 Å². The maximum atomic E-state index is 13.0. The molecule has 2 aromatic heterocycles. The van der Waals surface area contributed by atoms with E-state index in [0.717, 1.165) is 37.4 Å². The van der Waals surface area contributed by atoms with Crippen LogP contribution < -0.4 is 15.4 Å². The van der Waals surface area contributed by atoms with E-state index >= 15 is 0 Å². The van der Waals surface area contributed by atoms with Crippen LogP contribution in [0, 0.1) is 5.92 Å². The van der Waals surface area contributed by atoms with Gasteiger partial charge in [-0.3, -0.25) is 4.79 Å². The molecule has 1 aromatic carbocycles. The number of aromatic nitrogens is 3. The number of anilines is 2. The fourth-order valence-electron chi connectivity index (χ4n) is 4.69. The molecule has 0 saturated carbocycles. The molecule has 0 spiro atoms. The monoisotopic (exact) mass is 450 g/mol. The van der Waals surface area contributed by atoms with Crippen LogP contribution in [0.3, 0.4) is 0 Å². The van der Waals surface area contributed by atoms with E-state index in [1.54, 1.807) is 7.05 Å². The molecule has 0 aliphatic carbocycles. The number of hydrogen-bond acceptors (Lipinski definition) is 8. The molecule has 2 N–H and O–H groups in total. The summed E-state index contributed by atoms with van der Waals surface area (Å²) in [4.78, 5) is 28.9. The van der Waals surface area contributed by atoms with E-state index < -0.39 is 6.10 Å². The molecule has 174 valence electrons. The standard InChI is InChI=1S/C24H30N6O3/c1-27-7-9-29(10-8-27)18-5-3-16(4-6-18)19-11-20-22(24(33)28(2)15-25-20)23(26-19)30-12-17(14-31)21(32)13-30/h3-6,11,15,17,21,31-32H,7-10,12-14H2,1-2H3/t17-,21+/m0/s1. The number of benzene rings is 1. The number of likely N-dealkylation sites (N-methyl/N-ethyl adjacent to an activating group) is 1. The smallest absolute Gasteiger partial charge is 0.264 e. The fraction of sp³-hybridized carbons (Fsp3) is 0.458. The molecule has 4 heterocycles. The summed E-state index contributed by atoms with van der Waals surface area (Å²) in [6.45, 7) is 4.75. The van der Waals surface area contributed by atoms with Gasteiger partial charge >= 0.3 is 0 Å². The van der Waals surface area contributed by atoms with Crippen LogP contribution in [-0.2, 0) is 7.05 Å². The first-order valence-corrected chi connectivity index (χ1v) is 11.4. The Morgan fingerprint density at radius 3 is 2.42 bits per heavy atom. The second-order valence-corrected chi connectivity index (χ2v) is 9.14. The molecule has 2 saturated heterocycles. The van der Waals surface area contributed by atoms with Crippen molar-refractivity contribution >= 4 is 22.4 Å². The van der Waals surface area contributed by atoms with Crippen molar-refractivity contribution in [2.45, 2.75) is 6.10 Å². The van der Waals surface area contributed by atoms with Crippen LogP contribution in [0.5, 0.6) is 0 Å². The van der Waals surface area contributed by atoms with Crippen LogP contribution in [0.4, 0.5) is 11.5 Å². The second kappa shape index (κ2) is 8.74. The van der Waals surface area contributed by atoms with Crippen LogP contribution in [0.2, 0.25) is 0 Å². The van der Waals surface area contributed by atoms with Crippen LogP contribution in [0.15, 0.2) is 41.5 Å². The summed E-state index contributed by atoms with van der Waals surface area (Å²) < 4.78 is 1.44. The van der Waals surface area contributed by atoms with E-state index in [2.05, 4.69) is 46.1 Å². The summed E-state index contributed by atoms with van der Waals surface area (Å²) in [6.07, 6.45) is 0.850. The highest BCUT2D eigenvalue weighted by molar-refractivity contribution is 5.92. The second-order valence-electron chi connectivity index (χ2n) is 9.14. The minimum atomic E-state index is -0.668. The number of β-amino-alcohol motifs (C(OH)–C–C–N with tert-alkyl or cyclic N) is 1. The van der Waals surface area contributed by atoms with Gasteiger partial charge in [-0.25, -0.2) is 9.97 Å². The number of aliphatic hydroxyl groups is 2. The number of fused-ring (bicyclic) bond motifs is 1. The molecule has 0 bridgehead atoms. The zero-order chi connectivity index (χ0) is 23.1. The highest BCUT2D eigenvalue weighted by Crippen LogP contribution is 2.31. The third-order valence-corrected chi connectivity index (χ3v) is 6.86. The SMILES string of the molecule is CN1CCN(c2ccc(-c3cc4ncn(C)c(=O)c4c(N4C[C@@H](CO)[C@H](O)C4)n3)cc2)CC1. The maximum absolute atomic E-state index is 13.0. The van der Waals surface area contributed by atoms with Gasteiger partial charge in [0.15, 0.2) is 0 Å². The summed E-state index contributed by atoms with van der Waals surface area (Å²) in [5.41, 5.74) is 3.25. The molecule has 9 nitrogen and oxygen atoms in total. The first-order valence-electron chi connectivity index (χ1n) is 11.4. The van der Waals surface area contributed by atoms with Gasteiger partial charge in [-0.15, -0.1) is 0 Å². The van der Waals surface area contributed by atoms with E-state index in [9.17, 15) is 15.0 Å². The number of aliphatic hydroxyl groups excluding tert-OH is 2. The lowest BCUT2D eigenvalue weighted by Gasteiger charge is -2.34. The Morgan fingerprint density at radius 2 is 1.76 bits per heavy atom. The Labute approximate surface area is 192 Å².